The average Bonchev–Trinajstić information content (AvgIpc) is 3.46. The lowest BCUT2D eigenvalue weighted by molar-refractivity contribution is -0.683. The number of halogens is 1. The zero-order valence-corrected chi connectivity index (χ0v) is 25.7. The lowest BCUT2D eigenvalue weighted by Crippen LogP contribution is -2.30. The van der Waals surface area contributed by atoms with Gasteiger partial charge < -0.3 is 15.4 Å². The van der Waals surface area contributed by atoms with Crippen LogP contribution in [0.3, 0.4) is 0 Å². The van der Waals surface area contributed by atoms with Crippen molar-refractivity contribution in [3.8, 4) is 5.75 Å². The number of benzene rings is 2. The quantitative estimate of drug-likeness (QED) is 0.102. The van der Waals surface area contributed by atoms with Gasteiger partial charge in [0.1, 0.15) is 5.75 Å². The molecule has 7 heteroatoms. The standard InChI is InChI=1S/C33H46ClN3O2S/c1-2-3-4-5-6-7-8-9-10-11-12-13-14-15-23-39-32-21-20-30(25-31(32)34)36-33(38)35-29-18-16-28(17-19-29)26-37-22-24-40-27-37/h16-22,24-25,27H,2-15,23,26H2,1H3,(H-,35,36,38)/p+1. The number of rotatable bonds is 20. The zero-order chi connectivity index (χ0) is 28.3. The van der Waals surface area contributed by atoms with Crippen LogP contribution in [-0.2, 0) is 6.54 Å². The third kappa shape index (κ3) is 13.2. The molecule has 1 aromatic heterocycles. The van der Waals surface area contributed by atoms with E-state index in [-0.39, 0.29) is 6.03 Å². The highest BCUT2D eigenvalue weighted by molar-refractivity contribution is 7.07. The van der Waals surface area contributed by atoms with Crippen molar-refractivity contribution in [3.05, 3.63) is 70.1 Å². The molecule has 1 heterocycles. The molecule has 0 atom stereocenters. The number of urea groups is 1. The molecule has 0 spiro atoms. The number of hydrogen-bond acceptors (Lipinski definition) is 3. The van der Waals surface area contributed by atoms with Crippen LogP contribution in [0.25, 0.3) is 0 Å². The van der Waals surface area contributed by atoms with Crippen LogP contribution < -0.4 is 19.9 Å². The van der Waals surface area contributed by atoms with Crippen molar-refractivity contribution in [2.24, 2.45) is 0 Å². The highest BCUT2D eigenvalue weighted by atomic mass is 35.5. The van der Waals surface area contributed by atoms with Gasteiger partial charge in [0.2, 0.25) is 5.51 Å². The molecule has 0 radical (unpaired) electrons. The normalized spacial score (nSPS) is 10.9. The first-order valence-electron chi connectivity index (χ1n) is 15.1. The fourth-order valence-corrected chi connectivity index (χ4v) is 5.56. The summed E-state index contributed by atoms with van der Waals surface area (Å²) in [5.74, 6) is 0.654. The predicted octanol–water partition coefficient (Wildman–Crippen LogP) is 10.2. The number of nitrogens with zero attached hydrogens (tertiary/aromatic N) is 1. The molecule has 3 rings (SSSR count). The maximum absolute atomic E-state index is 12.4. The Morgan fingerprint density at radius 2 is 1.38 bits per heavy atom. The molecule has 2 N–H and O–H groups in total. The van der Waals surface area contributed by atoms with Crippen LogP contribution in [-0.4, -0.2) is 12.6 Å². The SMILES string of the molecule is CCCCCCCCCCCCCCCCOc1ccc(NC(=O)Nc2ccc(C[n+]3ccsc3)cc2)cc1Cl. The number of ether oxygens (including phenoxy) is 1. The number of carbonyl (C=O) groups excluding carboxylic acids is 1. The number of thiazole rings is 1. The molecule has 0 aliphatic carbocycles. The van der Waals surface area contributed by atoms with E-state index in [1.165, 1.54) is 89.0 Å². The van der Waals surface area contributed by atoms with E-state index in [9.17, 15) is 4.79 Å². The minimum Gasteiger partial charge on any atom is -0.492 e. The summed E-state index contributed by atoms with van der Waals surface area (Å²) in [6, 6.07) is 12.9. The van der Waals surface area contributed by atoms with Gasteiger partial charge in [-0.1, -0.05) is 125 Å². The molecule has 218 valence electrons. The van der Waals surface area contributed by atoms with E-state index in [2.05, 4.69) is 27.6 Å². The topological polar surface area (TPSA) is 54.2 Å². The lowest BCUT2D eigenvalue weighted by Gasteiger charge is -2.11. The van der Waals surface area contributed by atoms with E-state index < -0.39 is 0 Å². The minimum absolute atomic E-state index is 0.313. The van der Waals surface area contributed by atoms with Crippen LogP contribution in [0, 0.1) is 0 Å². The molecule has 0 saturated heterocycles. The van der Waals surface area contributed by atoms with Gasteiger partial charge in [0.25, 0.3) is 0 Å². The number of nitrogens with one attached hydrogen (secondary N) is 2. The maximum Gasteiger partial charge on any atom is 0.323 e. The van der Waals surface area contributed by atoms with E-state index in [1.807, 2.05) is 48.0 Å². The summed E-state index contributed by atoms with van der Waals surface area (Å²) in [5.41, 5.74) is 4.60. The van der Waals surface area contributed by atoms with Crippen LogP contribution in [0.1, 0.15) is 102 Å². The molecule has 3 aromatic rings. The molecular weight excluding hydrogens is 538 g/mol. The summed E-state index contributed by atoms with van der Waals surface area (Å²) in [5, 5.41) is 8.25. The second-order valence-corrected chi connectivity index (χ2v) is 11.7. The van der Waals surface area contributed by atoms with Crippen molar-refractivity contribution in [3.63, 3.8) is 0 Å². The second-order valence-electron chi connectivity index (χ2n) is 10.6. The molecule has 0 saturated carbocycles. The fraction of sp³-hybridized carbons (Fsp3) is 0.515. The third-order valence-electron chi connectivity index (χ3n) is 7.05. The van der Waals surface area contributed by atoms with Crippen LogP contribution in [0.15, 0.2) is 59.6 Å². The molecular formula is C33H47ClN3O2S+. The molecule has 0 unspecified atom stereocenters. The monoisotopic (exact) mass is 584 g/mol. The average molecular weight is 585 g/mol. The van der Waals surface area contributed by atoms with E-state index in [1.54, 1.807) is 17.4 Å². The lowest BCUT2D eigenvalue weighted by atomic mass is 10.0. The Morgan fingerprint density at radius 1 is 0.800 bits per heavy atom. The largest absolute Gasteiger partial charge is 0.492 e. The summed E-state index contributed by atoms with van der Waals surface area (Å²) in [6.07, 6.45) is 20.8. The molecule has 0 fully saturated rings. The van der Waals surface area contributed by atoms with Crippen LogP contribution in [0.4, 0.5) is 16.2 Å². The smallest absolute Gasteiger partial charge is 0.323 e. The van der Waals surface area contributed by atoms with Crippen molar-refractivity contribution >= 4 is 40.3 Å². The molecule has 2 amide bonds. The van der Waals surface area contributed by atoms with Gasteiger partial charge in [-0.2, -0.15) is 4.57 Å². The van der Waals surface area contributed by atoms with Crippen molar-refractivity contribution < 1.29 is 14.1 Å². The van der Waals surface area contributed by atoms with E-state index in [0.717, 1.165) is 18.7 Å². The summed E-state index contributed by atoms with van der Waals surface area (Å²) >= 11 is 8.08. The number of amides is 2. The van der Waals surface area contributed by atoms with E-state index in [0.29, 0.717) is 23.1 Å². The first-order valence-corrected chi connectivity index (χ1v) is 16.5. The highest BCUT2D eigenvalue weighted by Gasteiger charge is 2.08. The van der Waals surface area contributed by atoms with E-state index in [4.69, 9.17) is 16.3 Å². The Morgan fingerprint density at radius 3 is 1.95 bits per heavy atom. The van der Waals surface area contributed by atoms with Gasteiger partial charge in [0.15, 0.2) is 12.7 Å². The van der Waals surface area contributed by atoms with Crippen LogP contribution in [0.2, 0.25) is 5.02 Å². The number of unbranched alkanes of at least 4 members (excludes halogenated alkanes) is 13. The highest BCUT2D eigenvalue weighted by Crippen LogP contribution is 2.28. The fourth-order valence-electron chi connectivity index (χ4n) is 4.72. The Kier molecular flexibility index (Phi) is 15.6. The first kappa shape index (κ1) is 32.0. The number of hydrogen-bond donors (Lipinski definition) is 2. The first-order chi connectivity index (χ1) is 19.6. The second kappa shape index (κ2) is 19.5. The number of aromatic nitrogens is 1. The van der Waals surface area contributed by atoms with Crippen molar-refractivity contribution in [1.82, 2.24) is 0 Å². The van der Waals surface area contributed by atoms with Crippen molar-refractivity contribution in [2.45, 2.75) is 103 Å². The zero-order valence-electron chi connectivity index (χ0n) is 24.1. The van der Waals surface area contributed by atoms with Crippen LogP contribution >= 0.6 is 22.9 Å². The molecule has 2 aromatic carbocycles. The van der Waals surface area contributed by atoms with Gasteiger partial charge >= 0.3 is 6.03 Å². The van der Waals surface area contributed by atoms with Crippen LogP contribution in [0.5, 0.6) is 5.75 Å². The third-order valence-corrected chi connectivity index (χ3v) is 8.02. The molecule has 5 nitrogen and oxygen atoms in total. The molecule has 0 bridgehead atoms. The van der Waals surface area contributed by atoms with Gasteiger partial charge in [0.05, 0.1) is 17.0 Å². The summed E-state index contributed by atoms with van der Waals surface area (Å²) < 4.78 is 8.01. The van der Waals surface area contributed by atoms with E-state index >= 15 is 0 Å². The molecule has 0 aliphatic heterocycles. The van der Waals surface area contributed by atoms with Gasteiger partial charge in [0, 0.05) is 16.9 Å². The van der Waals surface area contributed by atoms with Crippen molar-refractivity contribution in [2.75, 3.05) is 17.2 Å². The van der Waals surface area contributed by atoms with Crippen molar-refractivity contribution in [1.29, 1.82) is 0 Å². The Hall–Kier alpha value is -2.57. The van der Waals surface area contributed by atoms with Gasteiger partial charge in [-0.25, -0.2) is 4.79 Å². The molecule has 40 heavy (non-hydrogen) atoms. The summed E-state index contributed by atoms with van der Waals surface area (Å²) in [6.45, 7) is 3.74. The Balaban J connectivity index is 1.22. The summed E-state index contributed by atoms with van der Waals surface area (Å²) in [7, 11) is 0. The molecule has 0 aliphatic rings. The maximum atomic E-state index is 12.4. The van der Waals surface area contributed by atoms with Gasteiger partial charge in [-0.3, -0.25) is 0 Å². The Bertz CT molecular complexity index is 1090. The summed E-state index contributed by atoms with van der Waals surface area (Å²) in [4.78, 5) is 12.4. The minimum atomic E-state index is -0.313. The Labute approximate surface area is 250 Å². The predicted molar refractivity (Wildman–Crippen MR) is 170 cm³/mol. The number of carbonyl (C=O) groups is 1. The van der Waals surface area contributed by atoms with Gasteiger partial charge in [-0.15, -0.1) is 0 Å². The van der Waals surface area contributed by atoms with Gasteiger partial charge in [-0.05, 0) is 36.8 Å². The number of anilines is 2.